The van der Waals surface area contributed by atoms with Gasteiger partial charge in [-0.1, -0.05) is 43.2 Å². The summed E-state index contributed by atoms with van der Waals surface area (Å²) in [5.41, 5.74) is 1.38. The molecule has 2 saturated carbocycles. The van der Waals surface area contributed by atoms with Crippen molar-refractivity contribution in [2.24, 2.45) is 11.8 Å². The highest BCUT2D eigenvalue weighted by molar-refractivity contribution is 5.22. The number of rotatable bonds is 1. The normalized spacial score (nSPS) is 46.8. The van der Waals surface area contributed by atoms with Crippen molar-refractivity contribution in [1.29, 1.82) is 0 Å². The van der Waals surface area contributed by atoms with Crippen LogP contribution in [0.1, 0.15) is 50.3 Å². The van der Waals surface area contributed by atoms with Gasteiger partial charge in [0.1, 0.15) is 0 Å². The number of benzene rings is 1. The van der Waals surface area contributed by atoms with Gasteiger partial charge in [-0.3, -0.25) is 10.6 Å². The molecule has 2 heterocycles. The van der Waals surface area contributed by atoms with Crippen LogP contribution in [-0.2, 0) is 0 Å². The summed E-state index contributed by atoms with van der Waals surface area (Å²) in [6, 6.07) is 13.6. The molecule has 7 atom stereocenters. The maximum Gasteiger partial charge on any atom is 0.0841 e. The lowest BCUT2D eigenvalue weighted by molar-refractivity contribution is 0.200. The fourth-order valence-electron chi connectivity index (χ4n) is 5.78. The second-order valence-corrected chi connectivity index (χ2v) is 7.80. The van der Waals surface area contributed by atoms with Gasteiger partial charge in [-0.2, -0.15) is 0 Å². The van der Waals surface area contributed by atoms with Crippen LogP contribution in [0.4, 0.5) is 0 Å². The fourth-order valence-corrected chi connectivity index (χ4v) is 5.78. The third kappa shape index (κ3) is 2.06. The Kier molecular flexibility index (Phi) is 3.28. The zero-order chi connectivity index (χ0) is 14.5. The molecule has 3 heteroatoms. The molecular weight excluding hydrogens is 270 g/mol. The molecule has 4 fully saturated rings. The summed E-state index contributed by atoms with van der Waals surface area (Å²) in [5.74, 6) is 1.87. The Bertz CT molecular complexity index is 531. The van der Waals surface area contributed by atoms with Crippen molar-refractivity contribution in [3.05, 3.63) is 35.9 Å². The number of fused-ring (bicyclic) bond motifs is 5. The molecule has 0 aromatic heterocycles. The van der Waals surface area contributed by atoms with Crippen molar-refractivity contribution < 1.29 is 0 Å². The molecule has 0 bridgehead atoms. The van der Waals surface area contributed by atoms with Crippen molar-refractivity contribution in [3.63, 3.8) is 0 Å². The summed E-state index contributed by atoms with van der Waals surface area (Å²) < 4.78 is 0. The maximum absolute atomic E-state index is 4.04. The zero-order valence-corrected chi connectivity index (χ0v) is 13.2. The predicted molar refractivity (Wildman–Crippen MR) is 88.4 cm³/mol. The first kappa shape index (κ1) is 13.5. The van der Waals surface area contributed by atoms with Gasteiger partial charge in [0.2, 0.25) is 0 Å². The summed E-state index contributed by atoms with van der Waals surface area (Å²) >= 11 is 0. The average Bonchev–Trinajstić information content (AvgIpc) is 3.16. The average molecular weight is 297 g/mol. The lowest BCUT2D eigenvalue weighted by atomic mass is 9.71. The first-order chi connectivity index (χ1) is 10.9. The third-order valence-corrected chi connectivity index (χ3v) is 6.74. The summed E-state index contributed by atoms with van der Waals surface area (Å²) in [4.78, 5) is 0. The molecule has 22 heavy (non-hydrogen) atoms. The maximum atomic E-state index is 4.04. The quantitative estimate of drug-likeness (QED) is 0.745. The van der Waals surface area contributed by atoms with E-state index in [1.54, 1.807) is 0 Å². The van der Waals surface area contributed by atoms with Crippen molar-refractivity contribution in [2.45, 2.75) is 68.9 Å². The molecule has 3 nitrogen and oxygen atoms in total. The SMILES string of the molecule is c1ccc(C2NC3CCC4C5CCCCC5NC4C3N2)cc1. The Morgan fingerprint density at radius 3 is 2.45 bits per heavy atom. The number of hydrogen-bond acceptors (Lipinski definition) is 3. The molecule has 0 spiro atoms. The Morgan fingerprint density at radius 1 is 0.682 bits per heavy atom. The highest BCUT2D eigenvalue weighted by atomic mass is 15.3. The van der Waals surface area contributed by atoms with Crippen LogP contribution in [0.5, 0.6) is 0 Å². The van der Waals surface area contributed by atoms with Gasteiger partial charge in [-0.15, -0.1) is 0 Å². The van der Waals surface area contributed by atoms with Gasteiger partial charge >= 0.3 is 0 Å². The van der Waals surface area contributed by atoms with Gasteiger partial charge in [0.25, 0.3) is 0 Å². The monoisotopic (exact) mass is 297 g/mol. The van der Waals surface area contributed by atoms with E-state index in [0.29, 0.717) is 24.3 Å². The van der Waals surface area contributed by atoms with Crippen molar-refractivity contribution in [3.8, 4) is 0 Å². The molecule has 5 rings (SSSR count). The lowest BCUT2D eigenvalue weighted by Crippen LogP contribution is -2.54. The molecule has 2 aliphatic carbocycles. The lowest BCUT2D eigenvalue weighted by Gasteiger charge is -2.37. The van der Waals surface area contributed by atoms with Crippen LogP contribution >= 0.6 is 0 Å². The van der Waals surface area contributed by atoms with Gasteiger partial charge in [0, 0.05) is 24.2 Å². The first-order valence-electron chi connectivity index (χ1n) is 9.23. The zero-order valence-electron chi connectivity index (χ0n) is 13.2. The molecule has 118 valence electrons. The summed E-state index contributed by atoms with van der Waals surface area (Å²) in [6.45, 7) is 0. The molecule has 0 radical (unpaired) electrons. The molecule has 1 aromatic rings. The van der Waals surface area contributed by atoms with Gasteiger partial charge in [-0.05, 0) is 43.1 Å². The van der Waals surface area contributed by atoms with Crippen LogP contribution in [-0.4, -0.2) is 24.2 Å². The minimum atomic E-state index is 0.333. The second-order valence-electron chi connectivity index (χ2n) is 7.80. The highest BCUT2D eigenvalue weighted by Gasteiger charge is 2.52. The molecule has 0 amide bonds. The Hall–Kier alpha value is -0.900. The van der Waals surface area contributed by atoms with Crippen molar-refractivity contribution in [1.82, 2.24) is 16.0 Å². The standard InChI is InChI=1S/C19H27N3/c1-2-6-12(7-3-1)19-21-16-11-10-14-13-8-4-5-9-15(13)20-17(14)18(16)22-19/h1-3,6-7,13-22H,4-5,8-11H2. The first-order valence-corrected chi connectivity index (χ1v) is 9.23. The Balaban J connectivity index is 1.37. The molecule has 4 aliphatic rings. The van der Waals surface area contributed by atoms with Crippen LogP contribution in [0.15, 0.2) is 30.3 Å². The van der Waals surface area contributed by atoms with Crippen LogP contribution in [0.2, 0.25) is 0 Å². The van der Waals surface area contributed by atoms with Gasteiger partial charge in [0.05, 0.1) is 6.17 Å². The second kappa shape index (κ2) is 5.33. The van der Waals surface area contributed by atoms with E-state index in [4.69, 9.17) is 0 Å². The molecular formula is C19H27N3. The minimum absolute atomic E-state index is 0.333. The Labute approximate surface area is 133 Å². The van der Waals surface area contributed by atoms with E-state index in [1.807, 2.05) is 0 Å². The van der Waals surface area contributed by atoms with Crippen molar-refractivity contribution in [2.75, 3.05) is 0 Å². The van der Waals surface area contributed by atoms with E-state index in [9.17, 15) is 0 Å². The minimum Gasteiger partial charge on any atom is -0.309 e. The molecule has 1 aromatic carbocycles. The number of hydrogen-bond donors (Lipinski definition) is 3. The van der Waals surface area contributed by atoms with E-state index < -0.39 is 0 Å². The topological polar surface area (TPSA) is 36.1 Å². The van der Waals surface area contributed by atoms with E-state index in [-0.39, 0.29) is 0 Å². The molecule has 2 saturated heterocycles. The Morgan fingerprint density at radius 2 is 1.55 bits per heavy atom. The van der Waals surface area contributed by atoms with E-state index in [1.165, 1.54) is 44.1 Å². The van der Waals surface area contributed by atoms with Gasteiger partial charge in [-0.25, -0.2) is 0 Å². The number of nitrogens with one attached hydrogen (secondary N) is 3. The van der Waals surface area contributed by atoms with Crippen LogP contribution in [0.3, 0.4) is 0 Å². The van der Waals surface area contributed by atoms with Crippen LogP contribution in [0, 0.1) is 11.8 Å². The highest BCUT2D eigenvalue weighted by Crippen LogP contribution is 2.45. The largest absolute Gasteiger partial charge is 0.309 e. The van der Waals surface area contributed by atoms with Gasteiger partial charge < -0.3 is 5.32 Å². The van der Waals surface area contributed by atoms with E-state index in [0.717, 1.165) is 17.9 Å². The smallest absolute Gasteiger partial charge is 0.0841 e. The third-order valence-electron chi connectivity index (χ3n) is 6.74. The van der Waals surface area contributed by atoms with E-state index in [2.05, 4.69) is 46.3 Å². The summed E-state index contributed by atoms with van der Waals surface area (Å²) in [5, 5.41) is 11.8. The summed E-state index contributed by atoms with van der Waals surface area (Å²) in [6.07, 6.45) is 8.84. The van der Waals surface area contributed by atoms with Gasteiger partial charge in [0.15, 0.2) is 0 Å². The molecule has 3 N–H and O–H groups in total. The molecule has 2 aliphatic heterocycles. The molecule has 7 unspecified atom stereocenters. The van der Waals surface area contributed by atoms with Crippen LogP contribution < -0.4 is 16.0 Å². The summed E-state index contributed by atoms with van der Waals surface area (Å²) in [7, 11) is 0. The van der Waals surface area contributed by atoms with Crippen LogP contribution in [0.25, 0.3) is 0 Å². The predicted octanol–water partition coefficient (Wildman–Crippen LogP) is 2.56. The fraction of sp³-hybridized carbons (Fsp3) is 0.684. The van der Waals surface area contributed by atoms with E-state index >= 15 is 0 Å². The van der Waals surface area contributed by atoms with Crippen molar-refractivity contribution >= 4 is 0 Å².